The number of nitrogens with two attached hydrogens (primary N) is 2. The number of ether oxygens (including phenoxy) is 2. The normalized spacial score (nSPS) is 30.5. The van der Waals surface area contributed by atoms with Crippen LogP contribution < -0.4 is 22.5 Å². The summed E-state index contributed by atoms with van der Waals surface area (Å²) in [6.45, 7) is -0.200. The molecule has 0 radical (unpaired) electrons. The van der Waals surface area contributed by atoms with Crippen molar-refractivity contribution in [3.05, 3.63) is 35.9 Å². The fourth-order valence-electron chi connectivity index (χ4n) is 1.98. The van der Waals surface area contributed by atoms with Gasteiger partial charge < -0.3 is 20.3 Å². The molecule has 1 heterocycles. The molecule has 1 aliphatic rings. The average Bonchev–Trinajstić information content (AvgIpc) is 2.56. The number of amides is 1. The van der Waals surface area contributed by atoms with Gasteiger partial charge >= 0.3 is 0 Å². The molecule has 1 aromatic rings. The fraction of sp³-hybridized carbons (Fsp3) is 0.462. The van der Waals surface area contributed by atoms with Crippen LogP contribution in [0.3, 0.4) is 0 Å². The smallest absolute Gasteiger partial charge is 0.265 e. The van der Waals surface area contributed by atoms with Gasteiger partial charge in [-0.2, -0.15) is 5.48 Å². The number of carbonyl (C=O) groups excluding carboxylic acids is 1. The molecule has 2 rings (SSSR count). The van der Waals surface area contributed by atoms with Gasteiger partial charge in [0.1, 0.15) is 12.8 Å². The second-order valence-electron chi connectivity index (χ2n) is 4.73. The first kappa shape index (κ1) is 16.8. The topological polar surface area (TPSA) is 141 Å². The maximum absolute atomic E-state index is 11.6. The second kappa shape index (κ2) is 8.15. The van der Waals surface area contributed by atoms with E-state index in [9.17, 15) is 9.90 Å². The van der Waals surface area contributed by atoms with Crippen LogP contribution in [0.15, 0.2) is 30.3 Å². The number of aliphatic hydroxyl groups is 1. The predicted octanol–water partition coefficient (Wildman–Crippen LogP) is -1.74. The van der Waals surface area contributed by atoms with Gasteiger partial charge in [-0.05, 0) is 0 Å². The first-order chi connectivity index (χ1) is 10.6. The third kappa shape index (κ3) is 4.21. The molecule has 1 aromatic carbocycles. The van der Waals surface area contributed by atoms with Gasteiger partial charge in [0.05, 0.1) is 12.6 Å². The first-order valence-electron chi connectivity index (χ1n) is 6.74. The summed E-state index contributed by atoms with van der Waals surface area (Å²) in [4.78, 5) is 16.9. The minimum absolute atomic E-state index is 0.0415. The summed E-state index contributed by atoms with van der Waals surface area (Å²) >= 11 is 0. The number of benzene rings is 1. The zero-order chi connectivity index (χ0) is 15.9. The van der Waals surface area contributed by atoms with Crippen LogP contribution in [0.4, 0.5) is 0 Å². The summed E-state index contributed by atoms with van der Waals surface area (Å²) in [5, 5.41) is 10.1. The van der Waals surface area contributed by atoms with Gasteiger partial charge in [0.15, 0.2) is 6.10 Å². The van der Waals surface area contributed by atoms with Crippen LogP contribution in [-0.2, 0) is 19.1 Å². The van der Waals surface area contributed by atoms with Crippen LogP contribution in [0.25, 0.3) is 0 Å². The van der Waals surface area contributed by atoms with E-state index >= 15 is 0 Å². The second-order valence-corrected chi connectivity index (χ2v) is 4.73. The molecule has 7 N–H and O–H groups in total. The van der Waals surface area contributed by atoms with Crippen LogP contribution in [-0.4, -0.2) is 42.6 Å². The Morgan fingerprint density at radius 3 is 2.73 bits per heavy atom. The van der Waals surface area contributed by atoms with E-state index in [4.69, 9.17) is 25.9 Å². The van der Waals surface area contributed by atoms with Gasteiger partial charge in [-0.15, -0.1) is 0 Å². The summed E-state index contributed by atoms with van der Waals surface area (Å²) < 4.78 is 10.8. The average molecular weight is 312 g/mol. The molecular formula is C13H20N4O5. The Morgan fingerprint density at radius 2 is 2.05 bits per heavy atom. The van der Waals surface area contributed by atoms with Crippen LogP contribution in [0.2, 0.25) is 0 Å². The van der Waals surface area contributed by atoms with Crippen molar-refractivity contribution in [2.75, 3.05) is 13.3 Å². The van der Waals surface area contributed by atoms with Gasteiger partial charge in [0, 0.05) is 5.56 Å². The largest absolute Gasteiger partial charge is 0.388 e. The van der Waals surface area contributed by atoms with E-state index in [1.165, 1.54) is 0 Å². The number of nitrogens with one attached hydrogen (secondary N) is 2. The van der Waals surface area contributed by atoms with Gasteiger partial charge in [0.25, 0.3) is 5.91 Å². The molecule has 4 unspecified atom stereocenters. The molecule has 9 nitrogen and oxygen atoms in total. The Balaban J connectivity index is 2.06. The quantitative estimate of drug-likeness (QED) is 0.246. The number of carbonyl (C=O) groups is 1. The highest BCUT2D eigenvalue weighted by Gasteiger charge is 2.33. The number of hydrogen-bond acceptors (Lipinski definition) is 8. The molecule has 0 saturated carbocycles. The Hall–Kier alpha value is -1.59. The number of aliphatic hydroxyl groups excluding tert-OH is 1. The lowest BCUT2D eigenvalue weighted by atomic mass is 10.1. The number of hydrogen-bond donors (Lipinski definition) is 5. The van der Waals surface area contributed by atoms with Crippen LogP contribution in [0.5, 0.6) is 0 Å². The number of rotatable bonds is 2. The van der Waals surface area contributed by atoms with E-state index < -0.39 is 30.4 Å². The fourth-order valence-corrected chi connectivity index (χ4v) is 1.98. The summed E-state index contributed by atoms with van der Waals surface area (Å²) in [5.74, 6) is 4.36. The Kier molecular flexibility index (Phi) is 6.21. The molecule has 0 spiro atoms. The van der Waals surface area contributed by atoms with Crippen molar-refractivity contribution >= 4 is 5.91 Å². The summed E-state index contributed by atoms with van der Waals surface area (Å²) in [7, 11) is 0. The lowest BCUT2D eigenvalue weighted by Crippen LogP contribution is -2.55. The highest BCUT2D eigenvalue weighted by molar-refractivity contribution is 5.80. The third-order valence-electron chi connectivity index (χ3n) is 3.17. The molecule has 22 heavy (non-hydrogen) atoms. The van der Waals surface area contributed by atoms with E-state index in [1.54, 1.807) is 0 Å². The van der Waals surface area contributed by atoms with Crippen LogP contribution >= 0.6 is 0 Å². The van der Waals surface area contributed by atoms with E-state index in [2.05, 4.69) is 5.48 Å². The minimum Gasteiger partial charge on any atom is -0.388 e. The van der Waals surface area contributed by atoms with Crippen molar-refractivity contribution in [1.29, 1.82) is 0 Å². The SMILES string of the molecule is NNC(=O)C1OCNOC(c2ccccc2)OCC(N)C1O. The van der Waals surface area contributed by atoms with Gasteiger partial charge in [0.2, 0.25) is 6.29 Å². The molecule has 1 fully saturated rings. The van der Waals surface area contributed by atoms with E-state index in [0.717, 1.165) is 5.56 Å². The summed E-state index contributed by atoms with van der Waals surface area (Å²) in [6, 6.07) is 8.35. The molecule has 0 aliphatic carbocycles. The van der Waals surface area contributed by atoms with Crippen molar-refractivity contribution in [1.82, 2.24) is 10.9 Å². The first-order valence-corrected chi connectivity index (χ1v) is 6.74. The Bertz CT molecular complexity index is 475. The van der Waals surface area contributed by atoms with Gasteiger partial charge in [-0.3, -0.25) is 15.1 Å². The zero-order valence-electron chi connectivity index (χ0n) is 11.8. The van der Waals surface area contributed by atoms with E-state index in [-0.39, 0.29) is 13.3 Å². The van der Waals surface area contributed by atoms with Crippen molar-refractivity contribution in [3.8, 4) is 0 Å². The Morgan fingerprint density at radius 1 is 1.32 bits per heavy atom. The highest BCUT2D eigenvalue weighted by atomic mass is 16.8. The monoisotopic (exact) mass is 312 g/mol. The standard InChI is InChI=1S/C13H20N4O5/c14-9-6-20-13(8-4-2-1-3-5-8)22-16-7-21-11(10(9)18)12(19)17-15/h1-5,9-11,13,16,18H,6-7,14-15H2,(H,17,19). The third-order valence-corrected chi connectivity index (χ3v) is 3.17. The van der Waals surface area contributed by atoms with Crippen molar-refractivity contribution in [2.45, 2.75) is 24.5 Å². The summed E-state index contributed by atoms with van der Waals surface area (Å²) in [6.07, 6.45) is -3.23. The van der Waals surface area contributed by atoms with Crippen LogP contribution in [0, 0.1) is 0 Å². The predicted molar refractivity (Wildman–Crippen MR) is 75.4 cm³/mol. The lowest BCUT2D eigenvalue weighted by molar-refractivity contribution is -0.222. The van der Waals surface area contributed by atoms with Crippen molar-refractivity contribution < 1.29 is 24.2 Å². The number of hydrazine groups is 1. The molecule has 0 bridgehead atoms. The minimum atomic E-state index is -1.28. The molecule has 1 saturated heterocycles. The van der Waals surface area contributed by atoms with E-state index in [0.29, 0.717) is 0 Å². The van der Waals surface area contributed by atoms with Gasteiger partial charge in [-0.25, -0.2) is 5.84 Å². The number of hydroxylamine groups is 1. The van der Waals surface area contributed by atoms with Crippen molar-refractivity contribution in [2.24, 2.45) is 11.6 Å². The van der Waals surface area contributed by atoms with Crippen LogP contribution in [0.1, 0.15) is 11.9 Å². The molecule has 122 valence electrons. The highest BCUT2D eigenvalue weighted by Crippen LogP contribution is 2.19. The molecule has 9 heteroatoms. The molecule has 1 amide bonds. The summed E-state index contributed by atoms with van der Waals surface area (Å²) in [5.41, 5.74) is 11.1. The van der Waals surface area contributed by atoms with E-state index in [1.807, 2.05) is 35.8 Å². The Labute approximate surface area is 127 Å². The maximum Gasteiger partial charge on any atom is 0.265 e. The molecular weight excluding hydrogens is 292 g/mol. The molecule has 0 aromatic heterocycles. The zero-order valence-corrected chi connectivity index (χ0v) is 11.8. The maximum atomic E-state index is 11.6. The van der Waals surface area contributed by atoms with Crippen molar-refractivity contribution in [3.63, 3.8) is 0 Å². The molecule has 4 atom stereocenters. The molecule has 1 aliphatic heterocycles. The lowest BCUT2D eigenvalue weighted by Gasteiger charge is -2.29. The van der Waals surface area contributed by atoms with Gasteiger partial charge in [-0.1, -0.05) is 30.3 Å².